The largest absolute Gasteiger partial charge is 0.508 e. The van der Waals surface area contributed by atoms with Crippen molar-refractivity contribution in [2.24, 2.45) is 5.73 Å². The smallest absolute Gasteiger partial charge is 0.126 e. The molecule has 3 nitrogen and oxygen atoms in total. The Bertz CT molecular complexity index is 384. The summed E-state index contributed by atoms with van der Waals surface area (Å²) in [6.45, 7) is 0.570. The molecule has 0 saturated heterocycles. The number of aromatic hydroxyl groups is 1. The summed E-state index contributed by atoms with van der Waals surface area (Å²) in [5.74, 6) is 1.08. The Hall–Kier alpha value is -1.22. The molecule has 0 heterocycles. The zero-order chi connectivity index (χ0) is 12.3. The van der Waals surface area contributed by atoms with E-state index in [4.69, 9.17) is 10.5 Å². The molecule has 0 spiro atoms. The first kappa shape index (κ1) is 12.2. The highest BCUT2D eigenvalue weighted by molar-refractivity contribution is 5.49. The van der Waals surface area contributed by atoms with Crippen LogP contribution < -0.4 is 10.5 Å². The molecule has 1 fully saturated rings. The Morgan fingerprint density at radius 2 is 2.00 bits per heavy atom. The molecule has 2 rings (SSSR count). The van der Waals surface area contributed by atoms with Crippen LogP contribution in [0.5, 0.6) is 11.5 Å². The summed E-state index contributed by atoms with van der Waals surface area (Å²) < 4.78 is 5.39. The molecule has 94 valence electrons. The van der Waals surface area contributed by atoms with E-state index in [9.17, 15) is 5.11 Å². The zero-order valence-electron chi connectivity index (χ0n) is 10.4. The number of phenolic OH excluding ortho intramolecular Hbond substituents is 1. The number of benzene rings is 1. The van der Waals surface area contributed by atoms with Gasteiger partial charge >= 0.3 is 0 Å². The van der Waals surface area contributed by atoms with Crippen molar-refractivity contribution >= 4 is 0 Å². The maximum Gasteiger partial charge on any atom is 0.126 e. The number of rotatable bonds is 3. The highest BCUT2D eigenvalue weighted by atomic mass is 16.5. The van der Waals surface area contributed by atoms with Gasteiger partial charge in [-0.1, -0.05) is 25.3 Å². The molecule has 1 aliphatic rings. The monoisotopic (exact) mass is 235 g/mol. The lowest BCUT2D eigenvalue weighted by Gasteiger charge is -2.37. The van der Waals surface area contributed by atoms with Crippen molar-refractivity contribution in [3.8, 4) is 11.5 Å². The summed E-state index contributed by atoms with van der Waals surface area (Å²) in [5.41, 5.74) is 6.80. The van der Waals surface area contributed by atoms with Crippen LogP contribution in [0, 0.1) is 0 Å². The Labute approximate surface area is 103 Å². The molecule has 1 aromatic carbocycles. The van der Waals surface area contributed by atoms with Crippen LogP contribution in [-0.4, -0.2) is 18.8 Å². The standard InChI is InChI=1S/C14H21NO2/c1-17-12-7-5-6-11(16)13(12)14(10-15)8-3-2-4-9-14/h5-7,16H,2-4,8-10,15H2,1H3. The highest BCUT2D eigenvalue weighted by Crippen LogP contribution is 2.46. The van der Waals surface area contributed by atoms with Gasteiger partial charge in [-0.15, -0.1) is 0 Å². The minimum Gasteiger partial charge on any atom is -0.508 e. The summed E-state index contributed by atoms with van der Waals surface area (Å²) in [7, 11) is 1.64. The number of hydrogen-bond donors (Lipinski definition) is 2. The van der Waals surface area contributed by atoms with Crippen LogP contribution in [0.3, 0.4) is 0 Å². The van der Waals surface area contributed by atoms with Crippen LogP contribution in [0.4, 0.5) is 0 Å². The van der Waals surface area contributed by atoms with Crippen molar-refractivity contribution in [1.82, 2.24) is 0 Å². The number of nitrogens with two attached hydrogens (primary N) is 1. The highest BCUT2D eigenvalue weighted by Gasteiger charge is 2.37. The van der Waals surface area contributed by atoms with E-state index in [-0.39, 0.29) is 5.41 Å². The Balaban J connectivity index is 2.49. The Morgan fingerprint density at radius 1 is 1.29 bits per heavy atom. The fourth-order valence-electron chi connectivity index (χ4n) is 3.01. The van der Waals surface area contributed by atoms with Gasteiger partial charge in [-0.25, -0.2) is 0 Å². The SMILES string of the molecule is COc1cccc(O)c1C1(CN)CCCCC1. The second-order valence-electron chi connectivity index (χ2n) is 4.90. The molecule has 1 saturated carbocycles. The van der Waals surface area contributed by atoms with Crippen molar-refractivity contribution < 1.29 is 9.84 Å². The molecular formula is C14H21NO2. The summed E-state index contributed by atoms with van der Waals surface area (Å²) in [6, 6.07) is 5.44. The lowest BCUT2D eigenvalue weighted by molar-refractivity contribution is 0.277. The van der Waals surface area contributed by atoms with Crippen LogP contribution in [0.1, 0.15) is 37.7 Å². The first-order valence-electron chi connectivity index (χ1n) is 6.30. The number of phenols is 1. The van der Waals surface area contributed by atoms with Crippen molar-refractivity contribution in [3.05, 3.63) is 23.8 Å². The van der Waals surface area contributed by atoms with Gasteiger partial charge in [0.15, 0.2) is 0 Å². The van der Waals surface area contributed by atoms with E-state index in [1.54, 1.807) is 13.2 Å². The molecule has 0 radical (unpaired) electrons. The lowest BCUT2D eigenvalue weighted by atomic mass is 9.69. The third-order valence-electron chi connectivity index (χ3n) is 3.96. The van der Waals surface area contributed by atoms with Gasteiger partial charge in [-0.3, -0.25) is 0 Å². The lowest BCUT2D eigenvalue weighted by Crippen LogP contribution is -2.37. The van der Waals surface area contributed by atoms with E-state index < -0.39 is 0 Å². The van der Waals surface area contributed by atoms with E-state index in [1.807, 2.05) is 12.1 Å². The molecule has 0 amide bonds. The second-order valence-corrected chi connectivity index (χ2v) is 4.90. The van der Waals surface area contributed by atoms with Gasteiger partial charge in [0.05, 0.1) is 7.11 Å². The molecular weight excluding hydrogens is 214 g/mol. The average molecular weight is 235 g/mol. The van der Waals surface area contributed by atoms with E-state index in [0.29, 0.717) is 12.3 Å². The summed E-state index contributed by atoms with van der Waals surface area (Å²) in [5, 5.41) is 10.1. The molecule has 17 heavy (non-hydrogen) atoms. The van der Waals surface area contributed by atoms with Crippen LogP contribution in [0.2, 0.25) is 0 Å². The molecule has 0 atom stereocenters. The fourth-order valence-corrected chi connectivity index (χ4v) is 3.01. The van der Waals surface area contributed by atoms with Crippen LogP contribution in [-0.2, 0) is 5.41 Å². The van der Waals surface area contributed by atoms with E-state index >= 15 is 0 Å². The quantitative estimate of drug-likeness (QED) is 0.846. The van der Waals surface area contributed by atoms with Crippen molar-refractivity contribution in [1.29, 1.82) is 0 Å². The predicted molar refractivity (Wildman–Crippen MR) is 68.5 cm³/mol. The summed E-state index contributed by atoms with van der Waals surface area (Å²) in [4.78, 5) is 0. The number of ether oxygens (including phenoxy) is 1. The topological polar surface area (TPSA) is 55.5 Å². The van der Waals surface area contributed by atoms with Gasteiger partial charge in [0.1, 0.15) is 11.5 Å². The van der Waals surface area contributed by atoms with Gasteiger partial charge in [-0.05, 0) is 25.0 Å². The van der Waals surface area contributed by atoms with Crippen LogP contribution in [0.15, 0.2) is 18.2 Å². The number of hydrogen-bond acceptors (Lipinski definition) is 3. The normalized spacial score (nSPS) is 18.9. The molecule has 0 aromatic heterocycles. The Morgan fingerprint density at radius 3 is 2.59 bits per heavy atom. The van der Waals surface area contributed by atoms with E-state index in [2.05, 4.69) is 0 Å². The molecule has 1 aliphatic carbocycles. The van der Waals surface area contributed by atoms with Gasteiger partial charge < -0.3 is 15.6 Å². The summed E-state index contributed by atoms with van der Waals surface area (Å²) in [6.07, 6.45) is 5.69. The second kappa shape index (κ2) is 4.96. The van der Waals surface area contributed by atoms with E-state index in [1.165, 1.54) is 19.3 Å². The van der Waals surface area contributed by atoms with Crippen LogP contribution in [0.25, 0.3) is 0 Å². The minimum absolute atomic E-state index is 0.102. The zero-order valence-corrected chi connectivity index (χ0v) is 10.4. The predicted octanol–water partition coefficient (Wildman–Crippen LogP) is 2.56. The third kappa shape index (κ3) is 2.12. The van der Waals surface area contributed by atoms with Gasteiger partial charge in [0.25, 0.3) is 0 Å². The average Bonchev–Trinajstić information content (AvgIpc) is 2.39. The third-order valence-corrected chi connectivity index (χ3v) is 3.96. The maximum absolute atomic E-state index is 10.1. The minimum atomic E-state index is -0.102. The van der Waals surface area contributed by atoms with Crippen molar-refractivity contribution in [3.63, 3.8) is 0 Å². The first-order chi connectivity index (χ1) is 8.23. The number of methoxy groups -OCH3 is 1. The van der Waals surface area contributed by atoms with Gasteiger partial charge in [0.2, 0.25) is 0 Å². The van der Waals surface area contributed by atoms with E-state index in [0.717, 1.165) is 24.2 Å². The molecule has 0 unspecified atom stereocenters. The first-order valence-corrected chi connectivity index (χ1v) is 6.30. The molecule has 3 N–H and O–H groups in total. The fraction of sp³-hybridized carbons (Fsp3) is 0.571. The molecule has 3 heteroatoms. The molecule has 0 bridgehead atoms. The molecule has 0 aliphatic heterocycles. The molecule has 1 aromatic rings. The summed E-state index contributed by atoms with van der Waals surface area (Å²) >= 11 is 0. The van der Waals surface area contributed by atoms with Gasteiger partial charge in [0, 0.05) is 17.5 Å². The van der Waals surface area contributed by atoms with Crippen molar-refractivity contribution in [2.45, 2.75) is 37.5 Å². The van der Waals surface area contributed by atoms with Crippen molar-refractivity contribution in [2.75, 3.05) is 13.7 Å². The Kier molecular flexibility index (Phi) is 3.57. The van der Waals surface area contributed by atoms with Gasteiger partial charge in [-0.2, -0.15) is 0 Å². The maximum atomic E-state index is 10.1. The van der Waals surface area contributed by atoms with Crippen LogP contribution >= 0.6 is 0 Å².